The third kappa shape index (κ3) is 2.61. The quantitative estimate of drug-likeness (QED) is 0.920. The molecule has 1 aromatic carbocycles. The molecule has 1 heterocycles. The zero-order chi connectivity index (χ0) is 12.4. The molecule has 0 bridgehead atoms. The minimum atomic E-state index is -0.222. The first-order chi connectivity index (χ1) is 8.09. The summed E-state index contributed by atoms with van der Waals surface area (Å²) < 4.78 is 6.30. The van der Waals surface area contributed by atoms with Crippen molar-refractivity contribution in [3.63, 3.8) is 0 Å². The van der Waals surface area contributed by atoms with Crippen molar-refractivity contribution in [1.82, 2.24) is 0 Å². The van der Waals surface area contributed by atoms with Gasteiger partial charge in [-0.1, -0.05) is 38.1 Å². The van der Waals surface area contributed by atoms with E-state index in [0.717, 1.165) is 15.8 Å². The summed E-state index contributed by atoms with van der Waals surface area (Å²) in [5.74, 6) is 1.30. The summed E-state index contributed by atoms with van der Waals surface area (Å²) in [5, 5.41) is 0. The lowest BCUT2D eigenvalue weighted by Crippen LogP contribution is -2.11. The highest BCUT2D eigenvalue weighted by molar-refractivity contribution is 9.10. The normalized spacial score (nSPS) is 13.0. The summed E-state index contributed by atoms with van der Waals surface area (Å²) >= 11 is 3.43. The van der Waals surface area contributed by atoms with E-state index in [4.69, 9.17) is 10.2 Å². The van der Waals surface area contributed by atoms with E-state index in [1.807, 2.05) is 6.07 Å². The number of benzene rings is 1. The van der Waals surface area contributed by atoms with Crippen LogP contribution in [0.15, 0.2) is 45.5 Å². The molecule has 0 aliphatic rings. The van der Waals surface area contributed by atoms with Crippen LogP contribution < -0.4 is 5.73 Å². The Bertz CT molecular complexity index is 487. The van der Waals surface area contributed by atoms with E-state index >= 15 is 0 Å². The number of furan rings is 1. The minimum absolute atomic E-state index is 0.222. The van der Waals surface area contributed by atoms with Crippen LogP contribution in [0.25, 0.3) is 0 Å². The monoisotopic (exact) mass is 293 g/mol. The Morgan fingerprint density at radius 3 is 2.12 bits per heavy atom. The van der Waals surface area contributed by atoms with E-state index < -0.39 is 0 Å². The van der Waals surface area contributed by atoms with Gasteiger partial charge in [0.25, 0.3) is 0 Å². The standard InChI is InChI=1S/C14H16BrNO/c1-9(2)10-3-5-11(6-4-10)13(16)14-12(15)7-8-17-14/h3-9,13H,16H2,1-2H3. The Balaban J connectivity index is 2.26. The van der Waals surface area contributed by atoms with E-state index in [1.54, 1.807) is 6.26 Å². The average Bonchev–Trinajstić information content (AvgIpc) is 2.74. The second-order valence-corrected chi connectivity index (χ2v) is 5.29. The molecule has 2 N–H and O–H groups in total. The molecule has 2 nitrogen and oxygen atoms in total. The first-order valence-corrected chi connectivity index (χ1v) is 6.47. The largest absolute Gasteiger partial charge is 0.466 e. The van der Waals surface area contributed by atoms with Crippen LogP contribution in [0.3, 0.4) is 0 Å². The molecule has 0 aliphatic carbocycles. The number of halogens is 1. The molecule has 90 valence electrons. The predicted molar refractivity (Wildman–Crippen MR) is 73.0 cm³/mol. The van der Waals surface area contributed by atoms with Gasteiger partial charge in [-0.05, 0) is 39.0 Å². The minimum Gasteiger partial charge on any atom is -0.466 e. The van der Waals surface area contributed by atoms with E-state index in [2.05, 4.69) is 54.0 Å². The second kappa shape index (κ2) is 5.07. The number of rotatable bonds is 3. The smallest absolute Gasteiger partial charge is 0.139 e. The molecule has 2 aromatic rings. The number of hydrogen-bond donors (Lipinski definition) is 1. The van der Waals surface area contributed by atoms with Crippen molar-refractivity contribution >= 4 is 15.9 Å². The molecule has 1 aromatic heterocycles. The summed E-state index contributed by atoms with van der Waals surface area (Å²) in [6.07, 6.45) is 1.64. The Morgan fingerprint density at radius 2 is 1.65 bits per heavy atom. The molecule has 0 radical (unpaired) electrons. The number of nitrogens with two attached hydrogens (primary N) is 1. The Kier molecular flexibility index (Phi) is 3.69. The predicted octanol–water partition coefficient (Wildman–Crippen LogP) is 4.21. The maximum absolute atomic E-state index is 6.16. The van der Waals surface area contributed by atoms with Crippen LogP contribution >= 0.6 is 15.9 Å². The molecule has 2 rings (SSSR count). The summed E-state index contributed by atoms with van der Waals surface area (Å²) in [6, 6.07) is 10.0. The van der Waals surface area contributed by atoms with Crippen LogP contribution in [0.4, 0.5) is 0 Å². The van der Waals surface area contributed by atoms with Gasteiger partial charge in [0.1, 0.15) is 5.76 Å². The van der Waals surface area contributed by atoms with Gasteiger partial charge in [-0.15, -0.1) is 0 Å². The fraction of sp³-hybridized carbons (Fsp3) is 0.286. The highest BCUT2D eigenvalue weighted by atomic mass is 79.9. The molecule has 17 heavy (non-hydrogen) atoms. The fourth-order valence-corrected chi connectivity index (χ4v) is 2.21. The molecule has 3 heteroatoms. The molecule has 0 spiro atoms. The second-order valence-electron chi connectivity index (χ2n) is 4.43. The highest BCUT2D eigenvalue weighted by Crippen LogP contribution is 2.28. The topological polar surface area (TPSA) is 39.2 Å². The SMILES string of the molecule is CC(C)c1ccc(C(N)c2occc2Br)cc1. The van der Waals surface area contributed by atoms with E-state index in [9.17, 15) is 0 Å². The third-order valence-electron chi connectivity index (χ3n) is 2.89. The lowest BCUT2D eigenvalue weighted by molar-refractivity contribution is 0.487. The van der Waals surface area contributed by atoms with Crippen LogP contribution in [0.2, 0.25) is 0 Å². The van der Waals surface area contributed by atoms with Gasteiger partial charge in [-0.2, -0.15) is 0 Å². The summed E-state index contributed by atoms with van der Waals surface area (Å²) in [5.41, 5.74) is 8.54. The van der Waals surface area contributed by atoms with E-state index in [1.165, 1.54) is 5.56 Å². The fourth-order valence-electron chi connectivity index (χ4n) is 1.77. The van der Waals surface area contributed by atoms with Crippen molar-refractivity contribution in [2.75, 3.05) is 0 Å². The van der Waals surface area contributed by atoms with Gasteiger partial charge in [0.2, 0.25) is 0 Å². The molecule has 0 saturated heterocycles. The lowest BCUT2D eigenvalue weighted by atomic mass is 9.98. The van der Waals surface area contributed by atoms with Crippen LogP contribution in [0.1, 0.15) is 42.7 Å². The molecule has 0 saturated carbocycles. The highest BCUT2D eigenvalue weighted by Gasteiger charge is 2.15. The van der Waals surface area contributed by atoms with Crippen molar-refractivity contribution < 1.29 is 4.42 Å². The Morgan fingerprint density at radius 1 is 1.06 bits per heavy atom. The lowest BCUT2D eigenvalue weighted by Gasteiger charge is -2.12. The Hall–Kier alpha value is -1.06. The van der Waals surface area contributed by atoms with Gasteiger partial charge < -0.3 is 10.2 Å². The molecular formula is C14H16BrNO. The third-order valence-corrected chi connectivity index (χ3v) is 3.54. The van der Waals surface area contributed by atoms with Crippen molar-refractivity contribution in [2.24, 2.45) is 5.73 Å². The van der Waals surface area contributed by atoms with Gasteiger partial charge >= 0.3 is 0 Å². The van der Waals surface area contributed by atoms with Gasteiger partial charge in [-0.3, -0.25) is 0 Å². The van der Waals surface area contributed by atoms with Crippen LogP contribution in [-0.2, 0) is 0 Å². The first-order valence-electron chi connectivity index (χ1n) is 5.68. The van der Waals surface area contributed by atoms with Crippen LogP contribution in [0.5, 0.6) is 0 Å². The van der Waals surface area contributed by atoms with E-state index in [-0.39, 0.29) is 6.04 Å². The number of hydrogen-bond acceptors (Lipinski definition) is 2. The molecular weight excluding hydrogens is 278 g/mol. The molecule has 1 unspecified atom stereocenters. The zero-order valence-electron chi connectivity index (χ0n) is 9.98. The molecule has 0 amide bonds. The molecule has 1 atom stereocenters. The van der Waals surface area contributed by atoms with Crippen molar-refractivity contribution in [3.05, 3.63) is 58.0 Å². The summed E-state index contributed by atoms with van der Waals surface area (Å²) in [4.78, 5) is 0. The van der Waals surface area contributed by atoms with Crippen molar-refractivity contribution in [3.8, 4) is 0 Å². The van der Waals surface area contributed by atoms with Gasteiger partial charge in [0.15, 0.2) is 0 Å². The first kappa shape index (κ1) is 12.4. The maximum atomic E-state index is 6.16. The van der Waals surface area contributed by atoms with Crippen LogP contribution in [-0.4, -0.2) is 0 Å². The Labute approximate surface area is 110 Å². The average molecular weight is 294 g/mol. The van der Waals surface area contributed by atoms with E-state index in [0.29, 0.717) is 5.92 Å². The summed E-state index contributed by atoms with van der Waals surface area (Å²) in [6.45, 7) is 4.36. The van der Waals surface area contributed by atoms with Gasteiger partial charge in [0.05, 0.1) is 16.8 Å². The van der Waals surface area contributed by atoms with Crippen LogP contribution in [0, 0.1) is 0 Å². The molecule has 0 fully saturated rings. The van der Waals surface area contributed by atoms with Gasteiger partial charge in [0, 0.05) is 0 Å². The zero-order valence-corrected chi connectivity index (χ0v) is 11.6. The van der Waals surface area contributed by atoms with Crippen molar-refractivity contribution in [2.45, 2.75) is 25.8 Å². The maximum Gasteiger partial charge on any atom is 0.139 e. The summed E-state index contributed by atoms with van der Waals surface area (Å²) in [7, 11) is 0. The van der Waals surface area contributed by atoms with Gasteiger partial charge in [-0.25, -0.2) is 0 Å². The van der Waals surface area contributed by atoms with Crippen molar-refractivity contribution in [1.29, 1.82) is 0 Å². The molecule has 0 aliphatic heterocycles.